The number of amidine groups is 2. The Balaban J connectivity index is 1.17. The second kappa shape index (κ2) is 9.91. The van der Waals surface area contributed by atoms with E-state index < -0.39 is 6.04 Å². The van der Waals surface area contributed by atoms with Crippen LogP contribution >= 0.6 is 23.4 Å². The molecule has 3 aliphatic rings. The molecule has 1 unspecified atom stereocenters. The van der Waals surface area contributed by atoms with Gasteiger partial charge < -0.3 is 14.8 Å². The van der Waals surface area contributed by atoms with E-state index in [1.807, 2.05) is 66.7 Å². The number of thioether (sulfide) groups is 1. The van der Waals surface area contributed by atoms with Gasteiger partial charge in [0, 0.05) is 22.9 Å². The van der Waals surface area contributed by atoms with Gasteiger partial charge in [-0.1, -0.05) is 59.8 Å². The van der Waals surface area contributed by atoms with Crippen LogP contribution in [0.25, 0.3) is 0 Å². The van der Waals surface area contributed by atoms with Crippen molar-refractivity contribution in [1.82, 2.24) is 10.2 Å². The molecule has 0 bridgehead atoms. The van der Waals surface area contributed by atoms with E-state index in [0.29, 0.717) is 39.8 Å². The highest BCUT2D eigenvalue weighted by molar-refractivity contribution is 8.13. The number of fused-ring (bicyclic) bond motifs is 4. The third-order valence-corrected chi connectivity index (χ3v) is 7.52. The van der Waals surface area contributed by atoms with Gasteiger partial charge in [0.05, 0.1) is 12.1 Å². The Morgan fingerprint density at radius 1 is 1.08 bits per heavy atom. The maximum Gasteiger partial charge on any atom is 0.259 e. The highest BCUT2D eigenvalue weighted by Gasteiger charge is 2.42. The second-order valence-electron chi connectivity index (χ2n) is 8.60. The number of ether oxygens (including phenoxy) is 2. The van der Waals surface area contributed by atoms with Crippen LogP contribution in [0.2, 0.25) is 5.02 Å². The van der Waals surface area contributed by atoms with Crippen molar-refractivity contribution in [3.8, 4) is 11.5 Å². The predicted octanol–water partition coefficient (Wildman–Crippen LogP) is 4.67. The van der Waals surface area contributed by atoms with Gasteiger partial charge in [-0.05, 0) is 41.5 Å². The lowest BCUT2D eigenvalue weighted by Gasteiger charge is -2.25. The smallest absolute Gasteiger partial charge is 0.259 e. The topological polar surface area (TPSA) is 92.6 Å². The average Bonchev–Trinajstić information content (AvgIpc) is 3.51. The molecule has 37 heavy (non-hydrogen) atoms. The third-order valence-electron chi connectivity index (χ3n) is 6.17. The molecule has 8 nitrogen and oxygen atoms in total. The summed E-state index contributed by atoms with van der Waals surface area (Å²) in [7, 11) is 0. The summed E-state index contributed by atoms with van der Waals surface area (Å²) >= 11 is 7.74. The van der Waals surface area contributed by atoms with Crippen molar-refractivity contribution >= 4 is 51.9 Å². The Morgan fingerprint density at radius 3 is 2.78 bits per heavy atom. The van der Waals surface area contributed by atoms with Crippen LogP contribution in [0.3, 0.4) is 0 Å². The van der Waals surface area contributed by atoms with Gasteiger partial charge in [-0.2, -0.15) is 0 Å². The lowest BCUT2D eigenvalue weighted by atomic mass is 10.1. The first kappa shape index (κ1) is 23.6. The van der Waals surface area contributed by atoms with E-state index in [-0.39, 0.29) is 25.0 Å². The second-order valence-corrected chi connectivity index (χ2v) is 9.95. The number of hydrogen-bond acceptors (Lipinski definition) is 7. The Bertz CT molecular complexity index is 1470. The summed E-state index contributed by atoms with van der Waals surface area (Å²) in [6.07, 6.45) is -0.0615. The summed E-state index contributed by atoms with van der Waals surface area (Å²) in [6.45, 7) is 0.497. The van der Waals surface area contributed by atoms with Gasteiger partial charge >= 0.3 is 0 Å². The number of carbonyl (C=O) groups excluding carboxylic acids is 2. The van der Waals surface area contributed by atoms with Gasteiger partial charge in [0.2, 0.25) is 12.7 Å². The molecule has 0 saturated carbocycles. The lowest BCUT2D eigenvalue weighted by Crippen LogP contribution is -2.42. The average molecular weight is 533 g/mol. The Kier molecular flexibility index (Phi) is 6.31. The van der Waals surface area contributed by atoms with E-state index in [1.54, 1.807) is 0 Å². The minimum absolute atomic E-state index is 0.0615. The predicted molar refractivity (Wildman–Crippen MR) is 142 cm³/mol. The van der Waals surface area contributed by atoms with E-state index in [0.717, 1.165) is 22.4 Å². The van der Waals surface area contributed by atoms with Crippen LogP contribution in [-0.2, 0) is 21.9 Å². The Labute approximate surface area is 222 Å². The van der Waals surface area contributed by atoms with E-state index in [1.165, 1.54) is 16.7 Å². The van der Waals surface area contributed by atoms with Crippen molar-refractivity contribution < 1.29 is 19.1 Å². The number of carbonyl (C=O) groups is 2. The van der Waals surface area contributed by atoms with E-state index in [2.05, 4.69) is 10.3 Å². The fourth-order valence-corrected chi connectivity index (χ4v) is 5.58. The SMILES string of the molecule is O=C(CC1N=C2c3ccccc3N=C(SCc3ccccc3Cl)N2C1=O)NCc1ccc2c(c1)OCO2. The van der Waals surface area contributed by atoms with Crippen molar-refractivity contribution in [2.75, 3.05) is 6.79 Å². The number of aliphatic imine (C=N–C) groups is 2. The van der Waals surface area contributed by atoms with Crippen LogP contribution in [0.1, 0.15) is 23.1 Å². The molecule has 0 radical (unpaired) electrons. The zero-order valence-corrected chi connectivity index (χ0v) is 21.1. The zero-order valence-electron chi connectivity index (χ0n) is 19.5. The Morgan fingerprint density at radius 2 is 1.89 bits per heavy atom. The number of halogens is 1. The van der Waals surface area contributed by atoms with E-state index >= 15 is 0 Å². The zero-order chi connectivity index (χ0) is 25.4. The summed E-state index contributed by atoms with van der Waals surface area (Å²) in [6, 6.07) is 19.8. The van der Waals surface area contributed by atoms with Gasteiger partial charge in [-0.3, -0.25) is 14.6 Å². The number of hydrogen-bond donors (Lipinski definition) is 1. The molecule has 2 amide bonds. The summed E-state index contributed by atoms with van der Waals surface area (Å²) in [5, 5.41) is 4.05. The summed E-state index contributed by atoms with van der Waals surface area (Å²) < 4.78 is 10.7. The number of rotatable bonds is 6. The Hall–Kier alpha value is -3.82. The molecular formula is C27H21ClN4O4S. The minimum Gasteiger partial charge on any atom is -0.454 e. The van der Waals surface area contributed by atoms with Crippen LogP contribution in [-0.4, -0.2) is 40.6 Å². The van der Waals surface area contributed by atoms with Crippen molar-refractivity contribution in [3.63, 3.8) is 0 Å². The number of nitrogens with one attached hydrogen (secondary N) is 1. The lowest BCUT2D eigenvalue weighted by molar-refractivity contribution is -0.128. The molecule has 0 fully saturated rings. The molecule has 3 heterocycles. The molecule has 186 valence electrons. The van der Waals surface area contributed by atoms with Crippen molar-refractivity contribution in [3.05, 3.63) is 88.4 Å². The fraction of sp³-hybridized carbons (Fsp3) is 0.185. The van der Waals surface area contributed by atoms with Crippen LogP contribution in [0, 0.1) is 0 Å². The molecule has 0 saturated heterocycles. The van der Waals surface area contributed by atoms with Crippen LogP contribution in [0.5, 0.6) is 11.5 Å². The summed E-state index contributed by atoms with van der Waals surface area (Å²) in [4.78, 5) is 37.2. The molecular weight excluding hydrogens is 512 g/mol. The standard InChI is InChI=1S/C27H21ClN4O4S/c28-19-7-3-1-5-17(19)14-37-27-31-20-8-4-2-6-18(20)25-30-21(26(34)32(25)27)12-24(33)29-13-16-9-10-22-23(11-16)36-15-35-22/h1-11,21H,12-15H2,(H,29,33). The van der Waals surface area contributed by atoms with Gasteiger partial charge in [-0.25, -0.2) is 9.89 Å². The van der Waals surface area contributed by atoms with Crippen molar-refractivity contribution in [1.29, 1.82) is 0 Å². The van der Waals surface area contributed by atoms with Crippen molar-refractivity contribution in [2.45, 2.75) is 24.8 Å². The molecule has 1 atom stereocenters. The van der Waals surface area contributed by atoms with E-state index in [9.17, 15) is 9.59 Å². The first-order valence-electron chi connectivity index (χ1n) is 11.7. The molecule has 0 spiro atoms. The molecule has 0 aromatic heterocycles. The number of benzene rings is 3. The molecule has 1 N–H and O–H groups in total. The minimum atomic E-state index is -0.830. The summed E-state index contributed by atoms with van der Waals surface area (Å²) in [5.41, 5.74) is 3.32. The quantitative estimate of drug-likeness (QED) is 0.498. The molecule has 3 aromatic rings. The molecule has 6 rings (SSSR count). The van der Waals surface area contributed by atoms with Gasteiger partial charge in [-0.15, -0.1) is 0 Å². The maximum absolute atomic E-state index is 13.5. The third kappa shape index (κ3) is 4.68. The maximum atomic E-state index is 13.5. The van der Waals surface area contributed by atoms with Crippen molar-refractivity contribution in [2.24, 2.45) is 9.98 Å². The van der Waals surface area contributed by atoms with Gasteiger partial charge in [0.15, 0.2) is 16.7 Å². The summed E-state index contributed by atoms with van der Waals surface area (Å²) in [5.74, 6) is 1.86. The highest BCUT2D eigenvalue weighted by Crippen LogP contribution is 2.36. The first-order chi connectivity index (χ1) is 18.1. The molecule has 0 aliphatic carbocycles. The molecule has 3 aromatic carbocycles. The first-order valence-corrected chi connectivity index (χ1v) is 13.0. The van der Waals surface area contributed by atoms with Crippen LogP contribution in [0.4, 0.5) is 5.69 Å². The monoisotopic (exact) mass is 532 g/mol. The highest BCUT2D eigenvalue weighted by atomic mass is 35.5. The molecule has 10 heteroatoms. The number of amides is 2. The van der Waals surface area contributed by atoms with Crippen LogP contribution in [0.15, 0.2) is 76.7 Å². The fourth-order valence-electron chi connectivity index (χ4n) is 4.29. The largest absolute Gasteiger partial charge is 0.454 e. The van der Waals surface area contributed by atoms with Gasteiger partial charge in [0.25, 0.3) is 5.91 Å². The number of nitrogens with zero attached hydrogens (tertiary/aromatic N) is 3. The van der Waals surface area contributed by atoms with E-state index in [4.69, 9.17) is 26.1 Å². The van der Waals surface area contributed by atoms with Crippen LogP contribution < -0.4 is 14.8 Å². The normalized spacial score (nSPS) is 17.2. The van der Waals surface area contributed by atoms with Gasteiger partial charge in [0.1, 0.15) is 11.9 Å². The number of para-hydroxylation sites is 1. The molecule has 3 aliphatic heterocycles.